The van der Waals surface area contributed by atoms with Gasteiger partial charge in [0, 0.05) is 24.0 Å². The molecule has 1 aromatic heterocycles. The van der Waals surface area contributed by atoms with E-state index in [1.165, 1.54) is 25.0 Å². The Balaban J connectivity index is 2.30. The van der Waals surface area contributed by atoms with Gasteiger partial charge < -0.3 is 0 Å². The molecule has 0 saturated heterocycles. The fourth-order valence-electron chi connectivity index (χ4n) is 1.51. The van der Waals surface area contributed by atoms with Crippen LogP contribution in [-0.4, -0.2) is 9.97 Å². The van der Waals surface area contributed by atoms with Gasteiger partial charge in [0.15, 0.2) is 0 Å². The van der Waals surface area contributed by atoms with Crippen molar-refractivity contribution in [3.05, 3.63) is 24.3 Å². The first-order valence-corrected chi connectivity index (χ1v) is 4.14. The van der Waals surface area contributed by atoms with Crippen LogP contribution in [0.4, 0.5) is 0 Å². The number of aromatic nitrogens is 2. The maximum Gasteiger partial charge on any atom is 0.0648 e. The fourth-order valence-corrected chi connectivity index (χ4v) is 1.51. The Morgan fingerprint density at radius 1 is 1.45 bits per heavy atom. The Morgan fingerprint density at radius 2 is 2.27 bits per heavy atom. The van der Waals surface area contributed by atoms with E-state index >= 15 is 0 Å². The number of hydrogen-bond donors (Lipinski definition) is 0. The summed E-state index contributed by atoms with van der Waals surface area (Å²) >= 11 is 0. The SMILES string of the molecule is CCC1(c2cnccn2)CC1. The van der Waals surface area contributed by atoms with Crippen LogP contribution in [0.15, 0.2) is 18.6 Å². The highest BCUT2D eigenvalue weighted by molar-refractivity contribution is 5.20. The molecule has 0 radical (unpaired) electrons. The zero-order valence-corrected chi connectivity index (χ0v) is 6.75. The molecule has 0 aromatic carbocycles. The molecular formula is C9H12N2. The van der Waals surface area contributed by atoms with Crippen molar-refractivity contribution in [2.45, 2.75) is 31.6 Å². The molecule has 0 aliphatic heterocycles. The molecule has 2 heteroatoms. The second kappa shape index (κ2) is 2.29. The van der Waals surface area contributed by atoms with Gasteiger partial charge in [0.05, 0.1) is 5.69 Å². The van der Waals surface area contributed by atoms with Crippen LogP contribution in [0.25, 0.3) is 0 Å². The van der Waals surface area contributed by atoms with E-state index < -0.39 is 0 Å². The summed E-state index contributed by atoms with van der Waals surface area (Å²) < 4.78 is 0. The van der Waals surface area contributed by atoms with Crippen molar-refractivity contribution in [3.8, 4) is 0 Å². The Hall–Kier alpha value is -0.920. The Morgan fingerprint density at radius 3 is 2.73 bits per heavy atom. The summed E-state index contributed by atoms with van der Waals surface area (Å²) in [5.74, 6) is 0. The van der Waals surface area contributed by atoms with Crippen LogP contribution in [-0.2, 0) is 5.41 Å². The number of hydrogen-bond acceptors (Lipinski definition) is 2. The molecule has 0 unspecified atom stereocenters. The molecule has 1 heterocycles. The molecule has 11 heavy (non-hydrogen) atoms. The topological polar surface area (TPSA) is 25.8 Å². The second-order valence-corrected chi connectivity index (χ2v) is 3.22. The molecule has 1 aliphatic rings. The summed E-state index contributed by atoms with van der Waals surface area (Å²) in [4.78, 5) is 8.40. The molecule has 1 aliphatic carbocycles. The van der Waals surface area contributed by atoms with Gasteiger partial charge in [0.1, 0.15) is 0 Å². The van der Waals surface area contributed by atoms with Gasteiger partial charge in [-0.15, -0.1) is 0 Å². The van der Waals surface area contributed by atoms with Gasteiger partial charge in [-0.3, -0.25) is 9.97 Å². The average molecular weight is 148 g/mol. The minimum Gasteiger partial charge on any atom is -0.261 e. The lowest BCUT2D eigenvalue weighted by Crippen LogP contribution is -2.06. The predicted octanol–water partition coefficient (Wildman–Crippen LogP) is 1.92. The lowest BCUT2D eigenvalue weighted by molar-refractivity contribution is 0.636. The van der Waals surface area contributed by atoms with Crippen molar-refractivity contribution in [3.63, 3.8) is 0 Å². The Labute approximate surface area is 66.7 Å². The van der Waals surface area contributed by atoms with Crippen molar-refractivity contribution in [2.75, 3.05) is 0 Å². The summed E-state index contributed by atoms with van der Waals surface area (Å²) in [6.45, 7) is 2.22. The van der Waals surface area contributed by atoms with Gasteiger partial charge in [-0.25, -0.2) is 0 Å². The third-order valence-electron chi connectivity index (χ3n) is 2.64. The summed E-state index contributed by atoms with van der Waals surface area (Å²) in [7, 11) is 0. The third kappa shape index (κ3) is 1.02. The monoisotopic (exact) mass is 148 g/mol. The summed E-state index contributed by atoms with van der Waals surface area (Å²) in [5.41, 5.74) is 1.59. The van der Waals surface area contributed by atoms with Crippen molar-refractivity contribution in [1.29, 1.82) is 0 Å². The number of nitrogens with zero attached hydrogens (tertiary/aromatic N) is 2. The molecule has 1 fully saturated rings. The van der Waals surface area contributed by atoms with Crippen LogP contribution >= 0.6 is 0 Å². The minimum atomic E-state index is 0.411. The standard InChI is InChI=1S/C9H12N2/c1-2-9(3-4-9)8-7-10-5-6-11-8/h5-7H,2-4H2,1H3. The summed E-state index contributed by atoms with van der Waals surface area (Å²) in [5, 5.41) is 0. The van der Waals surface area contributed by atoms with E-state index in [4.69, 9.17) is 0 Å². The molecule has 58 valence electrons. The lowest BCUT2D eigenvalue weighted by Gasteiger charge is -2.09. The number of rotatable bonds is 2. The lowest BCUT2D eigenvalue weighted by atomic mass is 10.0. The Kier molecular flexibility index (Phi) is 1.41. The first kappa shape index (κ1) is 6.77. The van der Waals surface area contributed by atoms with Gasteiger partial charge in [0.25, 0.3) is 0 Å². The van der Waals surface area contributed by atoms with Gasteiger partial charge in [-0.05, 0) is 19.3 Å². The van der Waals surface area contributed by atoms with E-state index in [0.29, 0.717) is 5.41 Å². The molecule has 0 spiro atoms. The maximum absolute atomic E-state index is 4.32. The van der Waals surface area contributed by atoms with E-state index in [1.807, 2.05) is 6.20 Å². The van der Waals surface area contributed by atoms with Crippen LogP contribution in [0.1, 0.15) is 31.9 Å². The summed E-state index contributed by atoms with van der Waals surface area (Å²) in [6, 6.07) is 0. The predicted molar refractivity (Wildman–Crippen MR) is 43.2 cm³/mol. The highest BCUT2D eigenvalue weighted by atomic mass is 14.8. The molecule has 1 aromatic rings. The third-order valence-corrected chi connectivity index (χ3v) is 2.64. The summed E-state index contributed by atoms with van der Waals surface area (Å²) in [6.07, 6.45) is 9.20. The average Bonchev–Trinajstić information content (AvgIpc) is 2.86. The van der Waals surface area contributed by atoms with Gasteiger partial charge in [-0.1, -0.05) is 6.92 Å². The van der Waals surface area contributed by atoms with Gasteiger partial charge >= 0.3 is 0 Å². The molecule has 1 saturated carbocycles. The van der Waals surface area contributed by atoms with Crippen molar-refractivity contribution < 1.29 is 0 Å². The van der Waals surface area contributed by atoms with Crippen LogP contribution in [0.5, 0.6) is 0 Å². The van der Waals surface area contributed by atoms with Crippen LogP contribution in [0, 0.1) is 0 Å². The quantitative estimate of drug-likeness (QED) is 0.640. The van der Waals surface area contributed by atoms with Gasteiger partial charge in [-0.2, -0.15) is 0 Å². The molecule has 0 N–H and O–H groups in total. The molecule has 0 amide bonds. The fraction of sp³-hybridized carbons (Fsp3) is 0.556. The van der Waals surface area contributed by atoms with Crippen molar-refractivity contribution in [1.82, 2.24) is 9.97 Å². The van der Waals surface area contributed by atoms with Crippen molar-refractivity contribution >= 4 is 0 Å². The highest BCUT2D eigenvalue weighted by Gasteiger charge is 2.43. The molecular weight excluding hydrogens is 136 g/mol. The molecule has 2 rings (SSSR count). The van der Waals surface area contributed by atoms with Crippen LogP contribution in [0.2, 0.25) is 0 Å². The largest absolute Gasteiger partial charge is 0.261 e. The first-order valence-electron chi connectivity index (χ1n) is 4.14. The van der Waals surface area contributed by atoms with Gasteiger partial charge in [0.2, 0.25) is 0 Å². The molecule has 0 bridgehead atoms. The minimum absolute atomic E-state index is 0.411. The Bertz CT molecular complexity index is 239. The van der Waals surface area contributed by atoms with Crippen molar-refractivity contribution in [2.24, 2.45) is 0 Å². The maximum atomic E-state index is 4.32. The molecule has 0 atom stereocenters. The first-order chi connectivity index (χ1) is 5.37. The van der Waals surface area contributed by atoms with E-state index in [1.54, 1.807) is 12.4 Å². The normalized spacial score (nSPS) is 19.7. The van der Waals surface area contributed by atoms with E-state index in [-0.39, 0.29) is 0 Å². The molecule has 2 nitrogen and oxygen atoms in total. The van der Waals surface area contributed by atoms with Crippen LogP contribution in [0.3, 0.4) is 0 Å². The zero-order valence-electron chi connectivity index (χ0n) is 6.75. The van der Waals surface area contributed by atoms with E-state index in [2.05, 4.69) is 16.9 Å². The zero-order chi connectivity index (χ0) is 7.73. The highest BCUT2D eigenvalue weighted by Crippen LogP contribution is 2.49. The second-order valence-electron chi connectivity index (χ2n) is 3.22. The van der Waals surface area contributed by atoms with Crippen LogP contribution < -0.4 is 0 Å². The smallest absolute Gasteiger partial charge is 0.0648 e. The van der Waals surface area contributed by atoms with E-state index in [9.17, 15) is 0 Å². The van der Waals surface area contributed by atoms with E-state index in [0.717, 1.165) is 0 Å².